The predicted octanol–water partition coefficient (Wildman–Crippen LogP) is 3.19. The van der Waals surface area contributed by atoms with Crippen LogP contribution in [0.5, 0.6) is 5.75 Å². The Balaban J connectivity index is 2.33. The minimum Gasteiger partial charge on any atom is -0.420 e. The number of hydrogen-bond donors (Lipinski definition) is 0. The number of hydrogen-bond acceptors (Lipinski definition) is 6. The molecular formula is C16H18NO5P. The third-order valence-corrected chi connectivity index (χ3v) is 5.02. The molecule has 0 aliphatic heterocycles. The Labute approximate surface area is 134 Å². The van der Waals surface area contributed by atoms with Crippen molar-refractivity contribution in [2.45, 2.75) is 13.8 Å². The van der Waals surface area contributed by atoms with E-state index in [-0.39, 0.29) is 24.3 Å². The fourth-order valence-electron chi connectivity index (χ4n) is 1.93. The third kappa shape index (κ3) is 4.26. The van der Waals surface area contributed by atoms with E-state index in [9.17, 15) is 9.36 Å². The number of ether oxygens (including phenoxy) is 1. The summed E-state index contributed by atoms with van der Waals surface area (Å²) in [6, 6.07) is 9.98. The highest BCUT2D eigenvalue weighted by Crippen LogP contribution is 2.49. The molecule has 6 nitrogen and oxygen atoms in total. The van der Waals surface area contributed by atoms with E-state index in [1.54, 1.807) is 44.2 Å². The molecule has 0 aliphatic carbocycles. The monoisotopic (exact) mass is 335 g/mol. The van der Waals surface area contributed by atoms with Gasteiger partial charge in [-0.15, -0.1) is 0 Å². The Morgan fingerprint density at radius 1 is 1.09 bits per heavy atom. The van der Waals surface area contributed by atoms with Gasteiger partial charge in [-0.1, -0.05) is 18.2 Å². The molecule has 0 saturated heterocycles. The first-order chi connectivity index (χ1) is 11.1. The molecule has 0 aliphatic rings. The molecule has 2 aromatic rings. The standard InChI is InChI=1S/C16H18NO5P/c1-3-20-23(19,21-4-2)15-10-11-17-12-14(15)22-16(18)13-8-6-5-7-9-13/h5-12H,3-4H2,1-2H3. The van der Waals surface area contributed by atoms with E-state index in [2.05, 4.69) is 4.98 Å². The zero-order chi connectivity index (χ0) is 16.7. The number of carbonyl (C=O) groups excluding carboxylic acids is 1. The zero-order valence-corrected chi connectivity index (χ0v) is 13.9. The SMILES string of the molecule is CCOP(=O)(OCC)c1ccncc1OC(=O)c1ccccc1. The van der Waals surface area contributed by atoms with Crippen LogP contribution >= 0.6 is 7.60 Å². The van der Waals surface area contributed by atoms with Crippen LogP contribution < -0.4 is 10.0 Å². The number of aromatic nitrogens is 1. The molecule has 23 heavy (non-hydrogen) atoms. The number of pyridine rings is 1. The highest BCUT2D eigenvalue weighted by atomic mass is 31.2. The molecule has 1 aromatic heterocycles. The maximum Gasteiger partial charge on any atom is 0.365 e. The molecule has 1 heterocycles. The van der Waals surface area contributed by atoms with Gasteiger partial charge in [0, 0.05) is 6.20 Å². The first-order valence-electron chi connectivity index (χ1n) is 7.21. The van der Waals surface area contributed by atoms with Crippen molar-refractivity contribution in [3.05, 3.63) is 54.4 Å². The molecule has 0 unspecified atom stereocenters. The Bertz CT molecular complexity index is 695. The van der Waals surface area contributed by atoms with Gasteiger partial charge in [-0.3, -0.25) is 9.55 Å². The number of benzene rings is 1. The maximum atomic E-state index is 12.9. The van der Waals surface area contributed by atoms with Crippen molar-refractivity contribution in [2.24, 2.45) is 0 Å². The van der Waals surface area contributed by atoms with Gasteiger partial charge in [0.15, 0.2) is 5.75 Å². The molecule has 0 radical (unpaired) electrons. The van der Waals surface area contributed by atoms with E-state index < -0.39 is 13.6 Å². The second kappa shape index (κ2) is 8.02. The van der Waals surface area contributed by atoms with Crippen LogP contribution in [0.2, 0.25) is 0 Å². The van der Waals surface area contributed by atoms with Crippen LogP contribution in [0.25, 0.3) is 0 Å². The van der Waals surface area contributed by atoms with Gasteiger partial charge in [0.2, 0.25) is 0 Å². The zero-order valence-electron chi connectivity index (χ0n) is 13.0. The number of carbonyl (C=O) groups is 1. The van der Waals surface area contributed by atoms with E-state index in [4.69, 9.17) is 13.8 Å². The Morgan fingerprint density at radius 3 is 2.35 bits per heavy atom. The fourth-order valence-corrected chi connectivity index (χ4v) is 3.58. The van der Waals surface area contributed by atoms with Crippen LogP contribution in [0.15, 0.2) is 48.8 Å². The summed E-state index contributed by atoms with van der Waals surface area (Å²) in [5.74, 6) is -0.508. The molecule has 0 fully saturated rings. The predicted molar refractivity (Wildman–Crippen MR) is 86.1 cm³/mol. The third-order valence-electron chi connectivity index (χ3n) is 2.87. The average Bonchev–Trinajstić information content (AvgIpc) is 2.56. The topological polar surface area (TPSA) is 74.7 Å². The lowest BCUT2D eigenvalue weighted by atomic mass is 10.2. The first-order valence-corrected chi connectivity index (χ1v) is 8.76. The lowest BCUT2D eigenvalue weighted by Gasteiger charge is -2.19. The maximum absolute atomic E-state index is 12.9. The first kappa shape index (κ1) is 17.3. The summed E-state index contributed by atoms with van der Waals surface area (Å²) in [4.78, 5) is 16.1. The smallest absolute Gasteiger partial charge is 0.365 e. The van der Waals surface area contributed by atoms with E-state index in [1.165, 1.54) is 18.5 Å². The summed E-state index contributed by atoms with van der Waals surface area (Å²) in [5.41, 5.74) is 0.380. The van der Waals surface area contributed by atoms with Gasteiger partial charge in [0.1, 0.15) is 5.30 Å². The van der Waals surface area contributed by atoms with Gasteiger partial charge < -0.3 is 13.8 Å². The molecule has 2 rings (SSSR count). The van der Waals surface area contributed by atoms with Crippen molar-refractivity contribution in [2.75, 3.05) is 13.2 Å². The summed E-state index contributed by atoms with van der Waals surface area (Å²) in [6.45, 7) is 3.82. The fraction of sp³-hybridized carbons (Fsp3) is 0.250. The van der Waals surface area contributed by atoms with Crippen LogP contribution in [0.3, 0.4) is 0 Å². The molecule has 0 saturated carbocycles. The molecule has 0 bridgehead atoms. The van der Waals surface area contributed by atoms with Gasteiger partial charge in [-0.2, -0.15) is 0 Å². The van der Waals surface area contributed by atoms with Crippen molar-refractivity contribution in [1.82, 2.24) is 4.98 Å². The van der Waals surface area contributed by atoms with Crippen LogP contribution in [-0.4, -0.2) is 24.2 Å². The highest BCUT2D eigenvalue weighted by Gasteiger charge is 2.31. The Kier molecular flexibility index (Phi) is 6.04. The van der Waals surface area contributed by atoms with Crippen molar-refractivity contribution in [1.29, 1.82) is 0 Å². The largest absolute Gasteiger partial charge is 0.420 e. The van der Waals surface area contributed by atoms with Gasteiger partial charge in [0.25, 0.3) is 0 Å². The number of nitrogens with zero attached hydrogens (tertiary/aromatic N) is 1. The van der Waals surface area contributed by atoms with Crippen LogP contribution in [0, 0.1) is 0 Å². The van der Waals surface area contributed by atoms with Crippen molar-refractivity contribution < 1.29 is 23.1 Å². The van der Waals surface area contributed by atoms with Gasteiger partial charge in [-0.25, -0.2) is 4.79 Å². The van der Waals surface area contributed by atoms with Crippen molar-refractivity contribution >= 4 is 18.9 Å². The average molecular weight is 335 g/mol. The van der Waals surface area contributed by atoms with Crippen LogP contribution in [0.4, 0.5) is 0 Å². The highest BCUT2D eigenvalue weighted by molar-refractivity contribution is 7.62. The van der Waals surface area contributed by atoms with Crippen LogP contribution in [-0.2, 0) is 13.6 Å². The number of rotatable bonds is 7. The van der Waals surface area contributed by atoms with E-state index >= 15 is 0 Å². The lowest BCUT2D eigenvalue weighted by Crippen LogP contribution is -2.18. The normalized spacial score (nSPS) is 11.2. The Hall–Kier alpha value is -2.01. The van der Waals surface area contributed by atoms with Crippen LogP contribution in [0.1, 0.15) is 24.2 Å². The summed E-state index contributed by atoms with van der Waals surface area (Å²) >= 11 is 0. The summed E-state index contributed by atoms with van der Waals surface area (Å²) < 4.78 is 28.8. The van der Waals surface area contributed by atoms with Gasteiger partial charge in [-0.05, 0) is 32.0 Å². The van der Waals surface area contributed by atoms with E-state index in [1.807, 2.05) is 0 Å². The molecular weight excluding hydrogens is 317 g/mol. The molecule has 0 atom stereocenters. The Morgan fingerprint density at radius 2 is 1.74 bits per heavy atom. The summed E-state index contributed by atoms with van der Waals surface area (Å²) in [5, 5.41) is 0.181. The lowest BCUT2D eigenvalue weighted by molar-refractivity contribution is 0.0735. The number of esters is 1. The van der Waals surface area contributed by atoms with E-state index in [0.717, 1.165) is 0 Å². The molecule has 0 N–H and O–H groups in total. The molecule has 122 valence electrons. The summed E-state index contributed by atoms with van der Waals surface area (Å²) in [7, 11) is -3.57. The molecule has 0 spiro atoms. The van der Waals surface area contributed by atoms with Gasteiger partial charge >= 0.3 is 13.6 Å². The molecule has 1 aromatic carbocycles. The van der Waals surface area contributed by atoms with E-state index in [0.29, 0.717) is 5.56 Å². The minimum absolute atomic E-state index is 0.0617. The molecule has 7 heteroatoms. The van der Waals surface area contributed by atoms with Crippen molar-refractivity contribution in [3.8, 4) is 5.75 Å². The van der Waals surface area contributed by atoms with Gasteiger partial charge in [0.05, 0.1) is 25.0 Å². The second-order valence-corrected chi connectivity index (χ2v) is 6.43. The summed E-state index contributed by atoms with van der Waals surface area (Å²) in [6.07, 6.45) is 2.76. The second-order valence-electron chi connectivity index (χ2n) is 4.43. The molecule has 0 amide bonds. The minimum atomic E-state index is -3.57. The quantitative estimate of drug-likeness (QED) is 0.571. The van der Waals surface area contributed by atoms with Crippen molar-refractivity contribution in [3.63, 3.8) is 0 Å².